The van der Waals surface area contributed by atoms with E-state index in [1.54, 1.807) is 0 Å². The molecule has 0 bridgehead atoms. The van der Waals surface area contributed by atoms with Gasteiger partial charge in [0.05, 0.1) is 29.9 Å². The van der Waals surface area contributed by atoms with Crippen molar-refractivity contribution >= 4 is 29.0 Å². The Labute approximate surface area is 162 Å². The van der Waals surface area contributed by atoms with E-state index in [-0.39, 0.29) is 28.2 Å². The van der Waals surface area contributed by atoms with Gasteiger partial charge in [-0.3, -0.25) is 4.40 Å². The predicted molar refractivity (Wildman–Crippen MR) is 95.8 cm³/mol. The number of benzene rings is 1. The molecule has 0 aliphatic carbocycles. The highest BCUT2D eigenvalue weighted by atomic mass is 35.5. The Hall–Kier alpha value is -1.81. The van der Waals surface area contributed by atoms with Gasteiger partial charge in [0.2, 0.25) is 0 Å². The minimum Gasteiger partial charge on any atom is -0.390 e. The van der Waals surface area contributed by atoms with Gasteiger partial charge >= 0.3 is 6.18 Å². The highest BCUT2D eigenvalue weighted by Gasteiger charge is 2.32. The van der Waals surface area contributed by atoms with Crippen molar-refractivity contribution in [3.05, 3.63) is 58.7 Å². The summed E-state index contributed by atoms with van der Waals surface area (Å²) in [6, 6.07) is 10.3. The number of pyridine rings is 1. The number of ether oxygens (including phenoxy) is 1. The van der Waals surface area contributed by atoms with Crippen LogP contribution in [0.25, 0.3) is 5.65 Å². The van der Waals surface area contributed by atoms with Crippen LogP contribution in [-0.2, 0) is 17.5 Å². The number of nitrogens with zero attached hydrogens (tertiary/aromatic N) is 3. The Morgan fingerprint density at radius 2 is 1.96 bits per heavy atom. The van der Waals surface area contributed by atoms with Gasteiger partial charge in [-0.15, -0.1) is 10.2 Å². The van der Waals surface area contributed by atoms with Gasteiger partial charge in [0.15, 0.2) is 10.8 Å². The van der Waals surface area contributed by atoms with Gasteiger partial charge in [0.1, 0.15) is 0 Å². The van der Waals surface area contributed by atoms with Crippen LogP contribution in [0.1, 0.15) is 11.1 Å². The van der Waals surface area contributed by atoms with Gasteiger partial charge in [-0.05, 0) is 11.6 Å². The van der Waals surface area contributed by atoms with Crippen LogP contribution in [0.4, 0.5) is 13.2 Å². The summed E-state index contributed by atoms with van der Waals surface area (Å²) in [5, 5.41) is 17.7. The van der Waals surface area contributed by atoms with Crippen LogP contribution in [0.5, 0.6) is 0 Å². The molecule has 0 spiro atoms. The van der Waals surface area contributed by atoms with Gasteiger partial charge in [0, 0.05) is 11.9 Å². The second-order valence-electron chi connectivity index (χ2n) is 5.72. The molecule has 0 fully saturated rings. The fourth-order valence-corrected chi connectivity index (χ4v) is 3.35. The zero-order chi connectivity index (χ0) is 19.4. The van der Waals surface area contributed by atoms with Crippen LogP contribution >= 0.6 is 23.4 Å². The molecule has 144 valence electrons. The lowest BCUT2D eigenvalue weighted by atomic mass is 10.2. The van der Waals surface area contributed by atoms with Crippen molar-refractivity contribution < 1.29 is 23.0 Å². The molecule has 0 aliphatic heterocycles. The fourth-order valence-electron chi connectivity index (χ4n) is 2.29. The van der Waals surface area contributed by atoms with Gasteiger partial charge in [0.25, 0.3) is 0 Å². The third-order valence-electron chi connectivity index (χ3n) is 3.58. The topological polar surface area (TPSA) is 59.7 Å². The van der Waals surface area contributed by atoms with E-state index < -0.39 is 17.8 Å². The predicted octanol–water partition coefficient (Wildman–Crippen LogP) is 4.07. The second kappa shape index (κ2) is 8.47. The van der Waals surface area contributed by atoms with Gasteiger partial charge in [-0.2, -0.15) is 13.2 Å². The monoisotopic (exact) mass is 417 g/mol. The summed E-state index contributed by atoms with van der Waals surface area (Å²) in [5.74, 6) is 0.184. The van der Waals surface area contributed by atoms with Crippen LogP contribution in [-0.4, -0.2) is 38.2 Å². The Morgan fingerprint density at radius 1 is 1.22 bits per heavy atom. The quantitative estimate of drug-likeness (QED) is 0.587. The summed E-state index contributed by atoms with van der Waals surface area (Å²) >= 11 is 6.94. The Bertz CT molecular complexity index is 906. The number of thioether (sulfide) groups is 1. The summed E-state index contributed by atoms with van der Waals surface area (Å²) in [5.41, 5.74) is 0.213. The maximum atomic E-state index is 13.0. The van der Waals surface area contributed by atoms with E-state index in [4.69, 9.17) is 16.3 Å². The van der Waals surface area contributed by atoms with Crippen LogP contribution in [0.15, 0.2) is 47.8 Å². The molecule has 1 unspecified atom stereocenters. The van der Waals surface area contributed by atoms with Gasteiger partial charge < -0.3 is 9.84 Å². The standard InChI is InChI=1S/C17H15ClF3N3O2S/c18-14-6-12(17(19,20)21)7-24-15(14)22-23-16(24)27-10-13(25)9-26-8-11-4-2-1-3-5-11/h1-7,13,25H,8-10H2. The molecule has 0 radical (unpaired) electrons. The highest BCUT2D eigenvalue weighted by Crippen LogP contribution is 2.33. The average Bonchev–Trinajstić information content (AvgIpc) is 3.04. The number of fused-ring (bicyclic) bond motifs is 1. The zero-order valence-electron chi connectivity index (χ0n) is 13.9. The molecule has 3 aromatic rings. The number of halogens is 4. The smallest absolute Gasteiger partial charge is 0.390 e. The van der Waals surface area contributed by atoms with Crippen molar-refractivity contribution in [2.24, 2.45) is 0 Å². The lowest BCUT2D eigenvalue weighted by Crippen LogP contribution is -2.18. The van der Waals surface area contributed by atoms with E-state index in [1.807, 2.05) is 30.3 Å². The van der Waals surface area contributed by atoms with E-state index in [0.717, 1.165) is 29.6 Å². The number of aromatic nitrogens is 3. The first-order valence-corrected chi connectivity index (χ1v) is 9.25. The molecule has 0 saturated heterocycles. The van der Waals surface area contributed by atoms with Crippen LogP contribution in [0.3, 0.4) is 0 Å². The number of alkyl halides is 3. The van der Waals surface area contributed by atoms with E-state index in [1.165, 1.54) is 4.40 Å². The van der Waals surface area contributed by atoms with E-state index in [0.29, 0.717) is 6.61 Å². The lowest BCUT2D eigenvalue weighted by molar-refractivity contribution is -0.137. The van der Waals surface area contributed by atoms with Crippen molar-refractivity contribution in [1.29, 1.82) is 0 Å². The molecule has 2 aromatic heterocycles. The molecule has 0 saturated carbocycles. The van der Waals surface area contributed by atoms with E-state index in [9.17, 15) is 18.3 Å². The second-order valence-corrected chi connectivity index (χ2v) is 7.11. The maximum absolute atomic E-state index is 13.0. The van der Waals surface area contributed by atoms with Gasteiger partial charge in [-0.1, -0.05) is 53.7 Å². The molecular formula is C17H15ClF3N3O2S. The zero-order valence-corrected chi connectivity index (χ0v) is 15.4. The summed E-state index contributed by atoms with van der Waals surface area (Å²) in [7, 11) is 0. The SMILES string of the molecule is OC(COCc1ccccc1)CSc1nnc2c(Cl)cc(C(F)(F)F)cn12. The minimum absolute atomic E-state index is 0.0905. The minimum atomic E-state index is -4.53. The number of hydrogen-bond donors (Lipinski definition) is 1. The maximum Gasteiger partial charge on any atom is 0.417 e. The van der Waals surface area contributed by atoms with Crippen molar-refractivity contribution in [3.8, 4) is 0 Å². The molecule has 1 aromatic carbocycles. The summed E-state index contributed by atoms with van der Waals surface area (Å²) in [6.07, 6.45) is -4.45. The molecule has 2 heterocycles. The lowest BCUT2D eigenvalue weighted by Gasteiger charge is -2.11. The molecule has 10 heteroatoms. The number of aliphatic hydroxyl groups is 1. The first kappa shape index (κ1) is 19.9. The first-order valence-electron chi connectivity index (χ1n) is 7.88. The molecular weight excluding hydrogens is 403 g/mol. The highest BCUT2D eigenvalue weighted by molar-refractivity contribution is 7.99. The summed E-state index contributed by atoms with van der Waals surface area (Å²) in [4.78, 5) is 0. The summed E-state index contributed by atoms with van der Waals surface area (Å²) < 4.78 is 45.5. The van der Waals surface area contributed by atoms with Crippen LogP contribution in [0, 0.1) is 0 Å². The Balaban J connectivity index is 1.60. The van der Waals surface area contributed by atoms with Gasteiger partial charge in [-0.25, -0.2) is 0 Å². The fraction of sp³-hybridized carbons (Fsp3) is 0.294. The number of hydrogen-bond acceptors (Lipinski definition) is 5. The third-order valence-corrected chi connectivity index (χ3v) is 4.95. The Morgan fingerprint density at radius 3 is 2.67 bits per heavy atom. The number of rotatable bonds is 7. The summed E-state index contributed by atoms with van der Waals surface area (Å²) in [6.45, 7) is 0.453. The van der Waals surface area contributed by atoms with Crippen molar-refractivity contribution in [3.63, 3.8) is 0 Å². The molecule has 27 heavy (non-hydrogen) atoms. The normalized spacial score (nSPS) is 13.2. The average molecular weight is 418 g/mol. The van der Waals surface area contributed by atoms with Crippen molar-refractivity contribution in [2.75, 3.05) is 12.4 Å². The van der Waals surface area contributed by atoms with E-state index >= 15 is 0 Å². The third kappa shape index (κ3) is 5.13. The largest absolute Gasteiger partial charge is 0.417 e. The molecule has 0 aliphatic rings. The van der Waals surface area contributed by atoms with Crippen molar-refractivity contribution in [1.82, 2.24) is 14.6 Å². The van der Waals surface area contributed by atoms with Crippen molar-refractivity contribution in [2.45, 2.75) is 24.0 Å². The Kier molecular flexibility index (Phi) is 6.25. The molecule has 0 amide bonds. The van der Waals surface area contributed by atoms with Crippen LogP contribution in [0.2, 0.25) is 5.02 Å². The van der Waals surface area contributed by atoms with Crippen LogP contribution < -0.4 is 0 Å². The molecule has 3 rings (SSSR count). The molecule has 1 N–H and O–H groups in total. The first-order chi connectivity index (χ1) is 12.8. The molecule has 5 nitrogen and oxygen atoms in total. The van der Waals surface area contributed by atoms with E-state index in [2.05, 4.69) is 10.2 Å². The number of aliphatic hydroxyl groups excluding tert-OH is 1. The molecule has 1 atom stereocenters.